The Kier molecular flexibility index (Phi) is 6.31. The predicted octanol–water partition coefficient (Wildman–Crippen LogP) is 5.20. The summed E-state index contributed by atoms with van der Waals surface area (Å²) in [5.74, 6) is -0.304. The fraction of sp³-hybridized carbons (Fsp3) is 0.286. The normalized spacial score (nSPS) is 12.3. The SMILES string of the molecule is CCc1nnc(NC(=O)C(CC)n2cnc3sc(C)c(-c4ccc(Br)cc4)c3c2=O)s1. The van der Waals surface area contributed by atoms with Crippen LogP contribution in [0.1, 0.15) is 36.2 Å². The van der Waals surface area contributed by atoms with Crippen molar-refractivity contribution in [1.82, 2.24) is 19.7 Å². The van der Waals surface area contributed by atoms with Gasteiger partial charge >= 0.3 is 0 Å². The van der Waals surface area contributed by atoms with E-state index in [1.807, 2.05) is 45.0 Å². The molecule has 3 aromatic heterocycles. The summed E-state index contributed by atoms with van der Waals surface area (Å²) in [7, 11) is 0. The van der Waals surface area contributed by atoms with E-state index in [0.29, 0.717) is 21.8 Å². The number of anilines is 1. The van der Waals surface area contributed by atoms with E-state index in [4.69, 9.17) is 0 Å². The number of amides is 1. The molecule has 0 aliphatic carbocycles. The number of benzene rings is 1. The minimum absolute atomic E-state index is 0.222. The molecule has 7 nitrogen and oxygen atoms in total. The zero-order chi connectivity index (χ0) is 22.1. The molecule has 0 saturated carbocycles. The zero-order valence-corrected chi connectivity index (χ0v) is 20.4. The third-order valence-electron chi connectivity index (χ3n) is 4.97. The lowest BCUT2D eigenvalue weighted by Gasteiger charge is -2.16. The van der Waals surface area contributed by atoms with Gasteiger partial charge in [-0.25, -0.2) is 4.98 Å². The van der Waals surface area contributed by atoms with Crippen LogP contribution in [0.2, 0.25) is 0 Å². The number of aryl methyl sites for hydroxylation is 2. The van der Waals surface area contributed by atoms with Crippen LogP contribution < -0.4 is 10.9 Å². The van der Waals surface area contributed by atoms with Crippen LogP contribution in [-0.2, 0) is 11.2 Å². The Labute approximate surface area is 195 Å². The second-order valence-electron chi connectivity index (χ2n) is 6.95. The summed E-state index contributed by atoms with van der Waals surface area (Å²) in [6.07, 6.45) is 2.66. The molecule has 1 unspecified atom stereocenters. The first-order valence-corrected chi connectivity index (χ1v) is 12.2. The van der Waals surface area contributed by atoms with Gasteiger partial charge < -0.3 is 0 Å². The summed E-state index contributed by atoms with van der Waals surface area (Å²) in [6.45, 7) is 5.83. The summed E-state index contributed by atoms with van der Waals surface area (Å²) in [6, 6.07) is 7.14. The Balaban J connectivity index is 1.77. The molecule has 0 aliphatic rings. The number of nitrogens with one attached hydrogen (secondary N) is 1. The average molecular weight is 518 g/mol. The highest BCUT2D eigenvalue weighted by atomic mass is 79.9. The molecule has 0 saturated heterocycles. The number of thiophene rings is 1. The summed E-state index contributed by atoms with van der Waals surface area (Å²) in [5, 5.41) is 12.7. The number of carbonyl (C=O) groups is 1. The Morgan fingerprint density at radius 3 is 2.58 bits per heavy atom. The van der Waals surface area contributed by atoms with Crippen LogP contribution in [0, 0.1) is 6.92 Å². The molecule has 3 heterocycles. The van der Waals surface area contributed by atoms with E-state index >= 15 is 0 Å². The van der Waals surface area contributed by atoms with Crippen molar-refractivity contribution in [1.29, 1.82) is 0 Å². The smallest absolute Gasteiger partial charge is 0.263 e. The first-order valence-electron chi connectivity index (χ1n) is 9.82. The number of carbonyl (C=O) groups excluding carboxylic acids is 1. The number of hydrogen-bond acceptors (Lipinski definition) is 7. The molecular formula is C21H20BrN5O2S2. The van der Waals surface area contributed by atoms with Gasteiger partial charge in [0.05, 0.1) is 11.7 Å². The Bertz CT molecular complexity index is 1310. The highest BCUT2D eigenvalue weighted by Crippen LogP contribution is 2.36. The average Bonchev–Trinajstić information content (AvgIpc) is 3.34. The number of nitrogens with zero attached hydrogens (tertiary/aromatic N) is 4. The van der Waals surface area contributed by atoms with E-state index in [9.17, 15) is 9.59 Å². The van der Waals surface area contributed by atoms with Crippen LogP contribution in [0.5, 0.6) is 0 Å². The lowest BCUT2D eigenvalue weighted by molar-refractivity contribution is -0.119. The van der Waals surface area contributed by atoms with Crippen molar-refractivity contribution >= 4 is 59.9 Å². The molecule has 1 atom stereocenters. The molecule has 1 aromatic carbocycles. The van der Waals surface area contributed by atoms with Crippen molar-refractivity contribution in [3.05, 3.63) is 55.3 Å². The maximum absolute atomic E-state index is 13.5. The Morgan fingerprint density at radius 2 is 1.94 bits per heavy atom. The predicted molar refractivity (Wildman–Crippen MR) is 129 cm³/mol. The van der Waals surface area contributed by atoms with Gasteiger partial charge in [0, 0.05) is 14.9 Å². The van der Waals surface area contributed by atoms with E-state index < -0.39 is 6.04 Å². The van der Waals surface area contributed by atoms with Gasteiger partial charge in [0.1, 0.15) is 15.9 Å². The van der Waals surface area contributed by atoms with Crippen molar-refractivity contribution in [3.8, 4) is 11.1 Å². The number of halogens is 1. The first-order chi connectivity index (χ1) is 14.9. The topological polar surface area (TPSA) is 89.8 Å². The molecule has 0 spiro atoms. The van der Waals surface area contributed by atoms with Crippen molar-refractivity contribution in [2.24, 2.45) is 0 Å². The fourth-order valence-corrected chi connectivity index (χ4v) is 5.40. The van der Waals surface area contributed by atoms with Gasteiger partial charge in [0.2, 0.25) is 11.0 Å². The van der Waals surface area contributed by atoms with E-state index in [1.54, 1.807) is 0 Å². The summed E-state index contributed by atoms with van der Waals surface area (Å²) in [5.41, 5.74) is 1.59. The molecule has 31 heavy (non-hydrogen) atoms. The van der Waals surface area contributed by atoms with Crippen LogP contribution in [0.25, 0.3) is 21.3 Å². The largest absolute Gasteiger partial charge is 0.299 e. The minimum Gasteiger partial charge on any atom is -0.299 e. The van der Waals surface area contributed by atoms with Gasteiger partial charge in [-0.1, -0.05) is 53.2 Å². The molecule has 1 N–H and O–H groups in total. The Hall–Kier alpha value is -2.43. The second kappa shape index (κ2) is 8.97. The van der Waals surface area contributed by atoms with E-state index in [-0.39, 0.29) is 11.5 Å². The molecule has 0 bridgehead atoms. The van der Waals surface area contributed by atoms with Crippen LogP contribution in [-0.4, -0.2) is 25.7 Å². The molecule has 1 amide bonds. The van der Waals surface area contributed by atoms with Crippen molar-refractivity contribution in [2.75, 3.05) is 5.32 Å². The molecule has 0 radical (unpaired) electrons. The summed E-state index contributed by atoms with van der Waals surface area (Å²) < 4.78 is 2.39. The molecule has 0 fully saturated rings. The van der Waals surface area contributed by atoms with Crippen LogP contribution in [0.3, 0.4) is 0 Å². The van der Waals surface area contributed by atoms with Crippen molar-refractivity contribution < 1.29 is 4.79 Å². The summed E-state index contributed by atoms with van der Waals surface area (Å²) in [4.78, 5) is 32.7. The number of hydrogen-bond donors (Lipinski definition) is 1. The highest BCUT2D eigenvalue weighted by Gasteiger charge is 2.24. The number of rotatable bonds is 6. The third kappa shape index (κ3) is 4.19. The maximum Gasteiger partial charge on any atom is 0.263 e. The number of fused-ring (bicyclic) bond motifs is 1. The van der Waals surface area contributed by atoms with Crippen molar-refractivity contribution in [3.63, 3.8) is 0 Å². The van der Waals surface area contributed by atoms with Crippen molar-refractivity contribution in [2.45, 2.75) is 39.7 Å². The molecule has 4 aromatic rings. The van der Waals surface area contributed by atoms with Gasteiger partial charge in [-0.15, -0.1) is 21.5 Å². The van der Waals surface area contributed by atoms with E-state index in [0.717, 1.165) is 31.9 Å². The van der Waals surface area contributed by atoms with Gasteiger partial charge in [0.25, 0.3) is 5.56 Å². The van der Waals surface area contributed by atoms with E-state index in [1.165, 1.54) is 33.6 Å². The van der Waals surface area contributed by atoms with E-state index in [2.05, 4.69) is 36.4 Å². The minimum atomic E-state index is -0.698. The fourth-order valence-electron chi connectivity index (χ4n) is 3.45. The molecule has 0 aliphatic heterocycles. The second-order valence-corrected chi connectivity index (χ2v) is 10.1. The highest BCUT2D eigenvalue weighted by molar-refractivity contribution is 9.10. The van der Waals surface area contributed by atoms with Crippen LogP contribution in [0.4, 0.5) is 5.13 Å². The third-order valence-corrected chi connectivity index (χ3v) is 7.50. The standard InChI is InChI=1S/C21H20BrN5O2S2/c1-4-14(18(28)24-21-26-25-15(5-2)31-21)27-10-23-19-17(20(27)29)16(11(3)30-19)12-6-8-13(22)9-7-12/h6-10,14H,4-5H2,1-3H3,(H,24,26,28). The van der Waals surface area contributed by atoms with Gasteiger partial charge in [0.15, 0.2) is 0 Å². The molecule has 160 valence electrons. The lowest BCUT2D eigenvalue weighted by atomic mass is 10.0. The van der Waals surface area contributed by atoms with Gasteiger partial charge in [-0.05, 0) is 37.5 Å². The van der Waals surface area contributed by atoms with Crippen LogP contribution in [0.15, 0.2) is 39.9 Å². The maximum atomic E-state index is 13.5. The molecular weight excluding hydrogens is 498 g/mol. The number of aromatic nitrogens is 4. The summed E-state index contributed by atoms with van der Waals surface area (Å²) >= 11 is 6.27. The van der Waals surface area contributed by atoms with Gasteiger partial charge in [-0.3, -0.25) is 19.5 Å². The Morgan fingerprint density at radius 1 is 1.19 bits per heavy atom. The first kappa shape index (κ1) is 21.8. The molecule has 10 heteroatoms. The lowest BCUT2D eigenvalue weighted by Crippen LogP contribution is -2.33. The van der Waals surface area contributed by atoms with Gasteiger partial charge in [-0.2, -0.15) is 0 Å². The zero-order valence-electron chi connectivity index (χ0n) is 17.2. The van der Waals surface area contributed by atoms with Crippen LogP contribution >= 0.6 is 38.6 Å². The monoisotopic (exact) mass is 517 g/mol. The molecule has 4 rings (SSSR count). The quantitative estimate of drug-likeness (QED) is 0.379.